The van der Waals surface area contributed by atoms with E-state index in [-0.39, 0.29) is 64.6 Å². The predicted molar refractivity (Wildman–Crippen MR) is 67.9 cm³/mol. The SMILES string of the molecule is COCCCOCCOc1cc(F)ccc1[B-](F)(F)F.[K+]. The molecule has 0 saturated carbocycles. The van der Waals surface area contributed by atoms with Crippen LogP contribution in [0.4, 0.5) is 17.3 Å². The number of hydrogen-bond donors (Lipinski definition) is 0. The molecule has 0 radical (unpaired) electrons. The second-order valence-corrected chi connectivity index (χ2v) is 4.06. The summed E-state index contributed by atoms with van der Waals surface area (Å²) in [6.07, 6.45) is 0.688. The number of methoxy groups -OCH3 is 1. The van der Waals surface area contributed by atoms with Crippen LogP contribution >= 0.6 is 0 Å². The van der Waals surface area contributed by atoms with Crippen molar-refractivity contribution in [2.45, 2.75) is 6.42 Å². The van der Waals surface area contributed by atoms with E-state index in [1.54, 1.807) is 7.11 Å². The average Bonchev–Trinajstić information content (AvgIpc) is 2.36. The first-order valence-corrected chi connectivity index (χ1v) is 6.14. The van der Waals surface area contributed by atoms with Gasteiger partial charge in [0, 0.05) is 26.4 Å². The molecule has 1 rings (SSSR count). The average molecular weight is 334 g/mol. The largest absolute Gasteiger partial charge is 1.00 e. The molecular weight excluding hydrogens is 318 g/mol. The fraction of sp³-hybridized carbons (Fsp3) is 0.500. The fourth-order valence-electron chi connectivity index (χ4n) is 1.52. The van der Waals surface area contributed by atoms with Crippen molar-refractivity contribution in [1.29, 1.82) is 0 Å². The summed E-state index contributed by atoms with van der Waals surface area (Å²) in [5.41, 5.74) is -0.939. The predicted octanol–water partition coefficient (Wildman–Crippen LogP) is -0.684. The summed E-state index contributed by atoms with van der Waals surface area (Å²) in [4.78, 5) is 0. The van der Waals surface area contributed by atoms with Crippen molar-refractivity contribution < 1.29 is 82.9 Å². The third-order valence-corrected chi connectivity index (χ3v) is 2.45. The molecule has 1 aromatic rings. The van der Waals surface area contributed by atoms with E-state index in [4.69, 9.17) is 14.2 Å². The summed E-state index contributed by atoms with van der Waals surface area (Å²) in [6.45, 7) is -4.21. The molecule has 0 aromatic heterocycles. The maximum atomic E-state index is 13.0. The summed E-state index contributed by atoms with van der Waals surface area (Å²) in [6, 6.07) is 2.18. The van der Waals surface area contributed by atoms with E-state index in [1.165, 1.54) is 0 Å². The maximum Gasteiger partial charge on any atom is 1.00 e. The van der Waals surface area contributed by atoms with E-state index in [2.05, 4.69) is 0 Å². The molecule has 0 N–H and O–H groups in total. The number of hydrogen-bond acceptors (Lipinski definition) is 3. The first-order chi connectivity index (χ1) is 9.45. The van der Waals surface area contributed by atoms with E-state index in [9.17, 15) is 17.3 Å². The molecular formula is C12H16BF4KO3. The van der Waals surface area contributed by atoms with Crippen LogP contribution in [-0.2, 0) is 9.47 Å². The molecule has 0 aliphatic heterocycles. The van der Waals surface area contributed by atoms with Crippen molar-refractivity contribution in [3.63, 3.8) is 0 Å². The van der Waals surface area contributed by atoms with Crippen LogP contribution in [0.25, 0.3) is 0 Å². The van der Waals surface area contributed by atoms with Gasteiger partial charge in [0.25, 0.3) is 0 Å². The van der Waals surface area contributed by atoms with E-state index in [1.807, 2.05) is 0 Å². The van der Waals surface area contributed by atoms with E-state index in [0.29, 0.717) is 25.7 Å². The summed E-state index contributed by atoms with van der Waals surface area (Å²) < 4.78 is 66.0. The molecule has 0 aliphatic rings. The quantitative estimate of drug-likeness (QED) is 0.340. The maximum absolute atomic E-state index is 13.0. The van der Waals surface area contributed by atoms with Crippen molar-refractivity contribution in [2.75, 3.05) is 33.5 Å². The Balaban J connectivity index is 0.00000400. The Bertz CT molecular complexity index is 418. The molecule has 9 heteroatoms. The molecule has 3 nitrogen and oxygen atoms in total. The van der Waals surface area contributed by atoms with Crippen molar-refractivity contribution in [3.8, 4) is 5.75 Å². The minimum absolute atomic E-state index is 0. The van der Waals surface area contributed by atoms with Crippen molar-refractivity contribution in [1.82, 2.24) is 0 Å². The van der Waals surface area contributed by atoms with Crippen molar-refractivity contribution in [2.24, 2.45) is 0 Å². The normalized spacial score (nSPS) is 11.1. The zero-order valence-corrected chi connectivity index (χ0v) is 15.2. The van der Waals surface area contributed by atoms with Gasteiger partial charge in [0.15, 0.2) is 0 Å². The molecule has 0 unspecified atom stereocenters. The Labute approximate surface area is 163 Å². The number of halogens is 4. The van der Waals surface area contributed by atoms with E-state index < -0.39 is 24.0 Å². The Kier molecular flexibility index (Phi) is 11.2. The first-order valence-electron chi connectivity index (χ1n) is 6.14. The molecule has 0 bridgehead atoms. The second kappa shape index (κ2) is 11.0. The Morgan fingerprint density at radius 1 is 1.05 bits per heavy atom. The number of rotatable bonds is 9. The van der Waals surface area contributed by atoms with Gasteiger partial charge in [-0.1, -0.05) is 11.5 Å². The standard InChI is InChI=1S/C12H16BF4O3.K/c1-18-5-2-6-19-7-8-20-12-9-10(14)3-4-11(12)13(15,16)17;/h3-4,9H,2,5-8H2,1H3;/q-1;+1. The molecule has 21 heavy (non-hydrogen) atoms. The van der Waals surface area contributed by atoms with Crippen LogP contribution in [-0.4, -0.2) is 40.5 Å². The number of benzene rings is 1. The van der Waals surface area contributed by atoms with Crippen LogP contribution in [0.15, 0.2) is 18.2 Å². The van der Waals surface area contributed by atoms with Crippen LogP contribution in [0, 0.1) is 5.82 Å². The topological polar surface area (TPSA) is 27.7 Å². The van der Waals surface area contributed by atoms with Crippen LogP contribution in [0.3, 0.4) is 0 Å². The summed E-state index contributed by atoms with van der Waals surface area (Å²) in [5, 5.41) is 0. The van der Waals surface area contributed by atoms with Gasteiger partial charge in [-0.25, -0.2) is 4.39 Å². The summed E-state index contributed by atoms with van der Waals surface area (Å²) in [7, 11) is 1.56. The van der Waals surface area contributed by atoms with Gasteiger partial charge in [-0.05, 0) is 12.5 Å². The molecule has 0 amide bonds. The van der Waals surface area contributed by atoms with Gasteiger partial charge >= 0.3 is 58.4 Å². The van der Waals surface area contributed by atoms with Gasteiger partial charge < -0.3 is 27.2 Å². The zero-order chi connectivity index (χ0) is 15.0. The molecule has 0 atom stereocenters. The van der Waals surface area contributed by atoms with E-state index in [0.717, 1.165) is 12.1 Å². The monoisotopic (exact) mass is 334 g/mol. The van der Waals surface area contributed by atoms with Gasteiger partial charge in [0.05, 0.1) is 12.4 Å². The molecule has 0 fully saturated rings. The van der Waals surface area contributed by atoms with Gasteiger partial charge in [0.1, 0.15) is 12.4 Å². The molecule has 1 aromatic carbocycles. The molecule has 0 spiro atoms. The van der Waals surface area contributed by atoms with Gasteiger partial charge in [0.2, 0.25) is 0 Å². The van der Waals surface area contributed by atoms with Crippen LogP contribution < -0.4 is 61.6 Å². The molecule has 0 heterocycles. The Hall–Kier alpha value is 0.361. The van der Waals surface area contributed by atoms with E-state index >= 15 is 0 Å². The molecule has 0 aliphatic carbocycles. The Morgan fingerprint density at radius 3 is 2.38 bits per heavy atom. The summed E-state index contributed by atoms with van der Waals surface area (Å²) in [5.74, 6) is -1.28. The molecule has 114 valence electrons. The third-order valence-electron chi connectivity index (χ3n) is 2.45. The zero-order valence-electron chi connectivity index (χ0n) is 12.1. The van der Waals surface area contributed by atoms with Gasteiger partial charge in [-0.2, -0.15) is 0 Å². The molecule has 0 saturated heterocycles. The van der Waals surface area contributed by atoms with Gasteiger partial charge in [-0.15, -0.1) is 0 Å². The minimum Gasteiger partial charge on any atom is -0.494 e. The van der Waals surface area contributed by atoms with Crippen molar-refractivity contribution >= 4 is 12.4 Å². The van der Waals surface area contributed by atoms with Crippen molar-refractivity contribution in [3.05, 3.63) is 24.0 Å². The fourth-order valence-corrected chi connectivity index (χ4v) is 1.52. The van der Waals surface area contributed by atoms with Crippen LogP contribution in [0.1, 0.15) is 6.42 Å². The second-order valence-electron chi connectivity index (χ2n) is 4.06. The summed E-state index contributed by atoms with van der Waals surface area (Å²) >= 11 is 0. The van der Waals surface area contributed by atoms with Gasteiger partial charge in [-0.3, -0.25) is 0 Å². The number of ether oxygens (including phenoxy) is 3. The smallest absolute Gasteiger partial charge is 0.494 e. The minimum atomic E-state index is -5.24. The van der Waals surface area contributed by atoms with Crippen LogP contribution in [0.5, 0.6) is 5.75 Å². The third kappa shape index (κ3) is 8.53. The Morgan fingerprint density at radius 2 is 1.76 bits per heavy atom. The van der Waals surface area contributed by atoms with Crippen LogP contribution in [0.2, 0.25) is 0 Å². The first kappa shape index (κ1) is 21.4.